The van der Waals surface area contributed by atoms with Crippen LogP contribution in [0, 0.1) is 10.1 Å². The molecule has 0 aromatic heterocycles. The Hall–Kier alpha value is -4.25. The summed E-state index contributed by atoms with van der Waals surface area (Å²) >= 11 is 0. The minimum absolute atomic E-state index is 0.0421. The van der Waals surface area contributed by atoms with E-state index in [2.05, 4.69) is 5.32 Å². The van der Waals surface area contributed by atoms with E-state index in [9.17, 15) is 28.1 Å². The maximum Gasteiger partial charge on any atom is 0.269 e. The molecule has 10 nitrogen and oxygen atoms in total. The summed E-state index contributed by atoms with van der Waals surface area (Å²) < 4.78 is 28.5. The van der Waals surface area contributed by atoms with Crippen molar-refractivity contribution in [3.63, 3.8) is 0 Å². The first-order chi connectivity index (χ1) is 19.3. The Kier molecular flexibility index (Phi) is 10.2. The summed E-state index contributed by atoms with van der Waals surface area (Å²) in [6.07, 6.45) is 0.764. The first-order valence-electron chi connectivity index (χ1n) is 13.3. The Bertz CT molecular complexity index is 1440. The second-order valence-corrected chi connectivity index (χ2v) is 12.4. The van der Waals surface area contributed by atoms with Gasteiger partial charge >= 0.3 is 0 Å². The molecule has 3 aromatic rings. The van der Waals surface area contributed by atoms with Gasteiger partial charge in [0.1, 0.15) is 12.6 Å². The third-order valence-electron chi connectivity index (χ3n) is 6.33. The predicted octanol–water partition coefficient (Wildman–Crippen LogP) is 4.55. The molecule has 3 rings (SSSR count). The molecule has 0 radical (unpaired) electrons. The summed E-state index contributed by atoms with van der Waals surface area (Å²) in [6.45, 7) is 6.90. The molecule has 0 aliphatic rings. The fourth-order valence-electron chi connectivity index (χ4n) is 4.34. The zero-order valence-electron chi connectivity index (χ0n) is 23.7. The highest BCUT2D eigenvalue weighted by Crippen LogP contribution is 2.26. The average molecular weight is 581 g/mol. The molecule has 1 N–H and O–H groups in total. The molecule has 0 spiro atoms. The number of hydrogen-bond donors (Lipinski definition) is 1. The zero-order valence-corrected chi connectivity index (χ0v) is 24.5. The number of anilines is 1. The lowest BCUT2D eigenvalue weighted by molar-refractivity contribution is -0.384. The number of amides is 2. The Labute approximate surface area is 241 Å². The molecule has 11 heteroatoms. The number of non-ortho nitro benzene ring substituents is 1. The number of sulfonamides is 1. The van der Waals surface area contributed by atoms with Gasteiger partial charge in [0.25, 0.3) is 15.7 Å². The summed E-state index contributed by atoms with van der Waals surface area (Å²) in [6, 6.07) is 21.2. The maximum atomic E-state index is 14.0. The monoisotopic (exact) mass is 580 g/mol. The summed E-state index contributed by atoms with van der Waals surface area (Å²) in [5.74, 6) is -0.913. The second-order valence-electron chi connectivity index (χ2n) is 10.6. The molecule has 41 heavy (non-hydrogen) atoms. The molecule has 218 valence electrons. The topological polar surface area (TPSA) is 130 Å². The number of nitrogens with one attached hydrogen (secondary N) is 1. The van der Waals surface area contributed by atoms with E-state index >= 15 is 0 Å². The van der Waals surface area contributed by atoms with Crippen LogP contribution in [0.3, 0.4) is 0 Å². The van der Waals surface area contributed by atoms with Crippen LogP contribution in [-0.2, 0) is 26.0 Å². The van der Waals surface area contributed by atoms with E-state index in [1.165, 1.54) is 41.3 Å². The number of carbonyl (C=O) groups excluding carboxylic acids is 2. The van der Waals surface area contributed by atoms with Crippen molar-refractivity contribution >= 4 is 33.2 Å². The lowest BCUT2D eigenvalue weighted by Gasteiger charge is -2.34. The minimum Gasteiger partial charge on any atom is -0.350 e. The molecule has 0 heterocycles. The van der Waals surface area contributed by atoms with Crippen LogP contribution < -0.4 is 9.62 Å². The van der Waals surface area contributed by atoms with Crippen LogP contribution in [0.5, 0.6) is 0 Å². The van der Waals surface area contributed by atoms with Gasteiger partial charge in [0.05, 0.1) is 15.5 Å². The van der Waals surface area contributed by atoms with Crippen molar-refractivity contribution in [2.24, 2.45) is 0 Å². The zero-order chi connectivity index (χ0) is 30.2. The van der Waals surface area contributed by atoms with Gasteiger partial charge in [-0.05, 0) is 63.4 Å². The van der Waals surface area contributed by atoms with Gasteiger partial charge in [0, 0.05) is 24.2 Å². The summed E-state index contributed by atoms with van der Waals surface area (Å²) in [5.41, 5.74) is 0.287. The predicted molar refractivity (Wildman–Crippen MR) is 158 cm³/mol. The Morgan fingerprint density at radius 3 is 2.00 bits per heavy atom. The summed E-state index contributed by atoms with van der Waals surface area (Å²) in [7, 11) is -4.25. The number of nitro benzene ring substituents is 1. The SMILES string of the molecule is CC[C@H](C(=O)NC(C)(C)C)N(CCc1ccccc1)C(=O)CN(c1ccc([N+](=O)[O-])cc1)S(=O)(=O)c1ccccc1. The van der Waals surface area contributed by atoms with E-state index in [0.717, 1.165) is 9.87 Å². The highest BCUT2D eigenvalue weighted by atomic mass is 32.2. The van der Waals surface area contributed by atoms with Crippen molar-refractivity contribution in [2.75, 3.05) is 17.4 Å². The standard InChI is InChI=1S/C30H36N4O6S/c1-5-27(29(36)31-30(2,3)4)32(21-20-23-12-8-6-9-13-23)28(35)22-33(24-16-18-25(19-17-24)34(37)38)41(39,40)26-14-10-7-11-15-26/h6-19,27H,5,20-22H2,1-4H3,(H,31,36)/t27-/m1/s1. The van der Waals surface area contributed by atoms with Crippen LogP contribution in [0.4, 0.5) is 11.4 Å². The molecule has 0 saturated carbocycles. The number of carbonyl (C=O) groups is 2. The fraction of sp³-hybridized carbons (Fsp3) is 0.333. The van der Waals surface area contributed by atoms with Crippen molar-refractivity contribution in [2.45, 2.75) is 57.0 Å². The molecule has 0 aliphatic heterocycles. The number of nitro groups is 1. The first-order valence-corrected chi connectivity index (χ1v) is 14.7. The second kappa shape index (κ2) is 13.4. The van der Waals surface area contributed by atoms with Gasteiger partial charge in [0.2, 0.25) is 11.8 Å². The van der Waals surface area contributed by atoms with Gasteiger partial charge in [-0.25, -0.2) is 8.42 Å². The summed E-state index contributed by atoms with van der Waals surface area (Å²) in [4.78, 5) is 39.3. The van der Waals surface area contributed by atoms with Crippen LogP contribution in [0.1, 0.15) is 39.7 Å². The van der Waals surface area contributed by atoms with Gasteiger partial charge in [-0.1, -0.05) is 55.5 Å². The van der Waals surface area contributed by atoms with Crippen LogP contribution >= 0.6 is 0 Å². The molecular formula is C30H36N4O6S. The van der Waals surface area contributed by atoms with E-state index in [-0.39, 0.29) is 28.7 Å². The van der Waals surface area contributed by atoms with Crippen molar-refractivity contribution < 1.29 is 22.9 Å². The van der Waals surface area contributed by atoms with Gasteiger partial charge in [-0.15, -0.1) is 0 Å². The Balaban J connectivity index is 2.03. The normalized spacial score (nSPS) is 12.3. The van der Waals surface area contributed by atoms with E-state index in [1.54, 1.807) is 25.1 Å². The Morgan fingerprint density at radius 2 is 1.49 bits per heavy atom. The lowest BCUT2D eigenvalue weighted by Crippen LogP contribution is -2.56. The van der Waals surface area contributed by atoms with Crippen molar-refractivity contribution in [3.05, 3.63) is 101 Å². The smallest absolute Gasteiger partial charge is 0.269 e. The number of hydrogen-bond acceptors (Lipinski definition) is 6. The van der Waals surface area contributed by atoms with E-state index in [1.807, 2.05) is 51.1 Å². The van der Waals surface area contributed by atoms with Crippen LogP contribution in [-0.4, -0.2) is 54.7 Å². The van der Waals surface area contributed by atoms with E-state index < -0.39 is 39.0 Å². The number of nitrogens with zero attached hydrogens (tertiary/aromatic N) is 3. The molecule has 3 aromatic carbocycles. The fourth-order valence-corrected chi connectivity index (χ4v) is 5.77. The highest BCUT2D eigenvalue weighted by Gasteiger charge is 2.34. The molecule has 1 atom stereocenters. The molecule has 0 saturated heterocycles. The van der Waals surface area contributed by atoms with Gasteiger partial charge in [-0.2, -0.15) is 0 Å². The van der Waals surface area contributed by atoms with Crippen molar-refractivity contribution in [1.29, 1.82) is 0 Å². The highest BCUT2D eigenvalue weighted by molar-refractivity contribution is 7.92. The largest absolute Gasteiger partial charge is 0.350 e. The van der Waals surface area contributed by atoms with Gasteiger partial charge in [-0.3, -0.25) is 24.0 Å². The molecule has 2 amide bonds. The summed E-state index contributed by atoms with van der Waals surface area (Å²) in [5, 5.41) is 14.1. The van der Waals surface area contributed by atoms with Crippen LogP contribution in [0.2, 0.25) is 0 Å². The number of benzene rings is 3. The number of rotatable bonds is 12. The van der Waals surface area contributed by atoms with E-state index in [0.29, 0.717) is 12.8 Å². The Morgan fingerprint density at radius 1 is 0.927 bits per heavy atom. The lowest BCUT2D eigenvalue weighted by atomic mass is 10.1. The van der Waals surface area contributed by atoms with Crippen molar-refractivity contribution in [1.82, 2.24) is 10.2 Å². The first kappa shape index (κ1) is 31.3. The molecular weight excluding hydrogens is 544 g/mol. The molecule has 0 fully saturated rings. The third-order valence-corrected chi connectivity index (χ3v) is 8.11. The third kappa shape index (κ3) is 8.37. The quantitative estimate of drug-likeness (QED) is 0.247. The van der Waals surface area contributed by atoms with Crippen molar-refractivity contribution in [3.8, 4) is 0 Å². The average Bonchev–Trinajstić information content (AvgIpc) is 2.93. The van der Waals surface area contributed by atoms with E-state index in [4.69, 9.17) is 0 Å². The molecule has 0 unspecified atom stereocenters. The molecule has 0 aliphatic carbocycles. The van der Waals surface area contributed by atoms with Gasteiger partial charge in [0.15, 0.2) is 0 Å². The van der Waals surface area contributed by atoms with Gasteiger partial charge < -0.3 is 10.2 Å². The van der Waals surface area contributed by atoms with Crippen LogP contribution in [0.25, 0.3) is 0 Å². The van der Waals surface area contributed by atoms with Crippen LogP contribution in [0.15, 0.2) is 89.8 Å². The molecule has 0 bridgehead atoms. The minimum atomic E-state index is -4.25. The maximum absolute atomic E-state index is 14.0.